The van der Waals surface area contributed by atoms with Gasteiger partial charge in [-0.15, -0.1) is 6.42 Å². The lowest BCUT2D eigenvalue weighted by atomic mass is 10.2. The number of benzene rings is 2. The summed E-state index contributed by atoms with van der Waals surface area (Å²) in [6.07, 6.45) is 6.04. The van der Waals surface area contributed by atoms with Crippen molar-refractivity contribution in [2.24, 2.45) is 5.10 Å². The molecule has 9 heteroatoms. The maximum Gasteiger partial charge on any atom is 0.249 e. The number of hydrogen-bond donors (Lipinski definition) is 2. The number of ether oxygens (including phenoxy) is 2. The Morgan fingerprint density at radius 1 is 1.31 bits per heavy atom. The fraction of sp³-hybridized carbons (Fsp3) is 0.150. The summed E-state index contributed by atoms with van der Waals surface area (Å²) < 4.78 is 24.8. The van der Waals surface area contributed by atoms with Gasteiger partial charge >= 0.3 is 0 Å². The van der Waals surface area contributed by atoms with Crippen LogP contribution >= 0.6 is 15.9 Å². The van der Waals surface area contributed by atoms with Crippen LogP contribution in [-0.4, -0.2) is 31.7 Å². The van der Waals surface area contributed by atoms with Crippen LogP contribution in [0.2, 0.25) is 0 Å². The van der Waals surface area contributed by atoms with E-state index in [1.165, 1.54) is 31.5 Å². The number of para-hydroxylation sites is 1. The van der Waals surface area contributed by atoms with Gasteiger partial charge in [0.15, 0.2) is 11.5 Å². The molecule has 0 radical (unpaired) electrons. The Bertz CT molecular complexity index is 973. The fourth-order valence-electron chi connectivity index (χ4n) is 2.19. The number of carbonyl (C=O) groups is 2. The van der Waals surface area contributed by atoms with Crippen LogP contribution < -0.4 is 20.2 Å². The first kappa shape index (κ1) is 21.9. The molecule has 0 heterocycles. The Balaban J connectivity index is 1.94. The molecule has 0 spiro atoms. The van der Waals surface area contributed by atoms with E-state index in [1.54, 1.807) is 18.2 Å². The molecule has 0 aliphatic heterocycles. The Morgan fingerprint density at radius 3 is 2.76 bits per heavy atom. The minimum atomic E-state index is -0.665. The third-order valence-corrected chi connectivity index (χ3v) is 4.01. The second-order valence-corrected chi connectivity index (χ2v) is 6.38. The highest BCUT2D eigenvalue weighted by atomic mass is 79.9. The Morgan fingerprint density at radius 2 is 2.07 bits per heavy atom. The zero-order valence-electron chi connectivity index (χ0n) is 15.4. The van der Waals surface area contributed by atoms with Gasteiger partial charge in [-0.1, -0.05) is 18.1 Å². The predicted molar refractivity (Wildman–Crippen MR) is 110 cm³/mol. The number of anilines is 1. The summed E-state index contributed by atoms with van der Waals surface area (Å²) in [5, 5.41) is 6.12. The van der Waals surface area contributed by atoms with Crippen molar-refractivity contribution in [1.82, 2.24) is 5.43 Å². The number of halogens is 2. The van der Waals surface area contributed by atoms with E-state index >= 15 is 0 Å². The van der Waals surface area contributed by atoms with Gasteiger partial charge in [-0.3, -0.25) is 9.59 Å². The van der Waals surface area contributed by atoms with Gasteiger partial charge < -0.3 is 14.8 Å². The molecule has 0 aromatic heterocycles. The fourth-order valence-corrected chi connectivity index (χ4v) is 2.76. The molecule has 29 heavy (non-hydrogen) atoms. The zero-order chi connectivity index (χ0) is 21.2. The molecule has 2 rings (SSSR count). The van der Waals surface area contributed by atoms with Gasteiger partial charge in [0.1, 0.15) is 18.8 Å². The summed E-state index contributed by atoms with van der Waals surface area (Å²) in [6.45, 7) is 0.0768. The van der Waals surface area contributed by atoms with Gasteiger partial charge in [0, 0.05) is 0 Å². The maximum atomic E-state index is 13.5. The third kappa shape index (κ3) is 6.62. The molecule has 2 N–H and O–H groups in total. The minimum Gasteiger partial charge on any atom is -0.493 e. The number of terminal acetylenes is 1. The van der Waals surface area contributed by atoms with E-state index in [9.17, 15) is 14.0 Å². The number of amides is 2. The average Bonchev–Trinajstić information content (AvgIpc) is 2.68. The SMILES string of the molecule is C#CCOc1c(Br)cc(C=NNC(=O)CC(=O)Nc2ccccc2F)cc1OC. The summed E-state index contributed by atoms with van der Waals surface area (Å²) in [5.41, 5.74) is 2.82. The lowest BCUT2D eigenvalue weighted by Crippen LogP contribution is -2.24. The first-order chi connectivity index (χ1) is 13.9. The van der Waals surface area contributed by atoms with E-state index in [1.807, 2.05) is 0 Å². The number of carbonyl (C=O) groups excluding carboxylic acids is 2. The van der Waals surface area contributed by atoms with Crippen molar-refractivity contribution in [3.63, 3.8) is 0 Å². The van der Waals surface area contributed by atoms with Crippen molar-refractivity contribution < 1.29 is 23.5 Å². The molecule has 0 aliphatic rings. The topological polar surface area (TPSA) is 89.0 Å². The van der Waals surface area contributed by atoms with E-state index in [4.69, 9.17) is 15.9 Å². The summed E-state index contributed by atoms with van der Waals surface area (Å²) >= 11 is 3.35. The van der Waals surface area contributed by atoms with E-state index in [-0.39, 0.29) is 12.3 Å². The van der Waals surface area contributed by atoms with Crippen molar-refractivity contribution >= 4 is 39.6 Å². The van der Waals surface area contributed by atoms with Crippen LogP contribution in [0.1, 0.15) is 12.0 Å². The molecule has 2 aromatic rings. The molecule has 2 amide bonds. The van der Waals surface area contributed by atoms with Crippen molar-refractivity contribution in [2.75, 3.05) is 19.0 Å². The molecule has 0 bridgehead atoms. The van der Waals surface area contributed by atoms with Crippen LogP contribution in [0.5, 0.6) is 11.5 Å². The highest BCUT2D eigenvalue weighted by Crippen LogP contribution is 2.36. The van der Waals surface area contributed by atoms with Crippen molar-refractivity contribution in [2.45, 2.75) is 6.42 Å². The molecule has 0 atom stereocenters. The van der Waals surface area contributed by atoms with Gasteiger partial charge in [-0.05, 0) is 45.8 Å². The second kappa shape index (κ2) is 10.8. The van der Waals surface area contributed by atoms with Gasteiger partial charge in [0.05, 0.1) is 23.5 Å². The van der Waals surface area contributed by atoms with E-state index < -0.39 is 24.1 Å². The molecule has 0 unspecified atom stereocenters. The molecule has 0 fully saturated rings. The molecule has 0 saturated heterocycles. The second-order valence-electron chi connectivity index (χ2n) is 5.52. The van der Waals surface area contributed by atoms with Gasteiger partial charge in [-0.25, -0.2) is 9.82 Å². The minimum absolute atomic E-state index is 0.00195. The van der Waals surface area contributed by atoms with E-state index in [0.29, 0.717) is 21.5 Å². The van der Waals surface area contributed by atoms with Crippen LogP contribution in [-0.2, 0) is 9.59 Å². The van der Waals surface area contributed by atoms with Gasteiger partial charge in [-0.2, -0.15) is 5.10 Å². The van der Waals surface area contributed by atoms with Crippen molar-refractivity contribution in [3.05, 3.63) is 52.3 Å². The van der Waals surface area contributed by atoms with Crippen LogP contribution in [0.4, 0.5) is 10.1 Å². The number of methoxy groups -OCH3 is 1. The van der Waals surface area contributed by atoms with Crippen molar-refractivity contribution in [1.29, 1.82) is 0 Å². The Hall–Kier alpha value is -3.38. The predicted octanol–water partition coefficient (Wildman–Crippen LogP) is 3.09. The van der Waals surface area contributed by atoms with Crippen LogP contribution in [0.3, 0.4) is 0 Å². The van der Waals surface area contributed by atoms with Gasteiger partial charge in [0.2, 0.25) is 11.8 Å². The van der Waals surface area contributed by atoms with Crippen LogP contribution in [0.15, 0.2) is 46.0 Å². The lowest BCUT2D eigenvalue weighted by Gasteiger charge is -2.11. The number of nitrogens with one attached hydrogen (secondary N) is 2. The van der Waals surface area contributed by atoms with Gasteiger partial charge in [0.25, 0.3) is 0 Å². The Labute approximate surface area is 175 Å². The zero-order valence-corrected chi connectivity index (χ0v) is 17.0. The molecule has 150 valence electrons. The highest BCUT2D eigenvalue weighted by Gasteiger charge is 2.12. The maximum absolute atomic E-state index is 13.5. The number of hydrazone groups is 1. The summed E-state index contributed by atoms with van der Waals surface area (Å²) in [6, 6.07) is 8.98. The number of rotatable bonds is 8. The standard InChI is InChI=1S/C20H17BrFN3O4/c1-3-8-29-20-14(21)9-13(10-17(20)28-2)12-23-25-19(27)11-18(26)24-16-7-5-4-6-15(16)22/h1,4-7,9-10,12H,8,11H2,2H3,(H,24,26)(H,25,27). The largest absolute Gasteiger partial charge is 0.493 e. The van der Waals surface area contributed by atoms with Crippen LogP contribution in [0, 0.1) is 18.2 Å². The molecule has 7 nitrogen and oxygen atoms in total. The normalized spacial score (nSPS) is 10.3. The Kier molecular flexibility index (Phi) is 8.18. The molecule has 2 aromatic carbocycles. The lowest BCUT2D eigenvalue weighted by molar-refractivity contribution is -0.126. The molecule has 0 aliphatic carbocycles. The van der Waals surface area contributed by atoms with Crippen molar-refractivity contribution in [3.8, 4) is 23.8 Å². The monoisotopic (exact) mass is 461 g/mol. The third-order valence-electron chi connectivity index (χ3n) is 3.42. The highest BCUT2D eigenvalue weighted by molar-refractivity contribution is 9.10. The smallest absolute Gasteiger partial charge is 0.249 e. The first-order valence-corrected chi connectivity index (χ1v) is 9.04. The average molecular weight is 462 g/mol. The summed E-state index contributed by atoms with van der Waals surface area (Å²) in [5.74, 6) is 1.32. The quantitative estimate of drug-likeness (QED) is 0.273. The molecule has 0 saturated carbocycles. The molecular formula is C20H17BrFN3O4. The van der Waals surface area contributed by atoms with Crippen LogP contribution in [0.25, 0.3) is 0 Å². The first-order valence-electron chi connectivity index (χ1n) is 8.24. The van der Waals surface area contributed by atoms with E-state index in [0.717, 1.165) is 0 Å². The number of hydrogen-bond acceptors (Lipinski definition) is 5. The molecular weight excluding hydrogens is 445 g/mol. The summed E-state index contributed by atoms with van der Waals surface area (Å²) in [4.78, 5) is 23.6. The number of nitrogens with zero attached hydrogens (tertiary/aromatic N) is 1. The summed E-state index contributed by atoms with van der Waals surface area (Å²) in [7, 11) is 1.47. The van der Waals surface area contributed by atoms with E-state index in [2.05, 4.69) is 37.7 Å².